The molecular formula is C11H20Cl2N4O. The van der Waals surface area contributed by atoms with E-state index in [-0.39, 0.29) is 36.8 Å². The number of hydrogen-bond donors (Lipinski definition) is 1. The standard InChI is InChI=1S/C11H18N4O.2ClH/c1-3-10(12-2)11(16)14-6-7-15-9(8-14)4-5-13-15;;/h4-5,10,12H,3,6-8H2,1-2H3;2*1H/t10-;;/m0../s1. The summed E-state index contributed by atoms with van der Waals surface area (Å²) in [5.74, 6) is 0.192. The molecule has 0 bridgehead atoms. The Morgan fingerprint density at radius 1 is 1.50 bits per heavy atom. The lowest BCUT2D eigenvalue weighted by Gasteiger charge is -2.30. The molecule has 104 valence electrons. The van der Waals surface area contributed by atoms with Gasteiger partial charge in [0.15, 0.2) is 0 Å². The summed E-state index contributed by atoms with van der Waals surface area (Å²) in [6.07, 6.45) is 2.61. The van der Waals surface area contributed by atoms with Crippen molar-refractivity contribution < 1.29 is 4.79 Å². The summed E-state index contributed by atoms with van der Waals surface area (Å²) in [6, 6.07) is 1.91. The first-order chi connectivity index (χ1) is 7.76. The molecule has 18 heavy (non-hydrogen) atoms. The maximum atomic E-state index is 12.1. The molecule has 0 radical (unpaired) electrons. The average molecular weight is 295 g/mol. The molecule has 0 aliphatic carbocycles. The highest BCUT2D eigenvalue weighted by Gasteiger charge is 2.25. The van der Waals surface area contributed by atoms with E-state index >= 15 is 0 Å². The fourth-order valence-electron chi connectivity index (χ4n) is 2.10. The van der Waals surface area contributed by atoms with Gasteiger partial charge in [0.05, 0.1) is 24.8 Å². The number of aromatic nitrogens is 2. The van der Waals surface area contributed by atoms with Crippen LogP contribution in [0, 0.1) is 0 Å². The van der Waals surface area contributed by atoms with Crippen molar-refractivity contribution in [1.29, 1.82) is 0 Å². The quantitative estimate of drug-likeness (QED) is 0.907. The Bertz CT molecular complexity index is 379. The van der Waals surface area contributed by atoms with Crippen LogP contribution in [0.1, 0.15) is 19.0 Å². The minimum absolute atomic E-state index is 0. The molecule has 1 atom stereocenters. The van der Waals surface area contributed by atoms with Gasteiger partial charge in [-0.2, -0.15) is 5.10 Å². The first-order valence-electron chi connectivity index (χ1n) is 5.73. The lowest BCUT2D eigenvalue weighted by Crippen LogP contribution is -2.47. The van der Waals surface area contributed by atoms with E-state index in [9.17, 15) is 4.79 Å². The van der Waals surface area contributed by atoms with Crippen molar-refractivity contribution in [3.05, 3.63) is 18.0 Å². The Hall–Kier alpha value is -0.780. The minimum Gasteiger partial charge on any atom is -0.334 e. The number of likely N-dealkylation sites (N-methyl/N-ethyl adjacent to an activating group) is 1. The predicted octanol–water partition coefficient (Wildman–Crippen LogP) is 1.07. The number of amides is 1. The summed E-state index contributed by atoms with van der Waals surface area (Å²) in [4.78, 5) is 14.0. The lowest BCUT2D eigenvalue weighted by atomic mass is 10.2. The second kappa shape index (κ2) is 7.61. The third-order valence-electron chi connectivity index (χ3n) is 3.11. The van der Waals surface area contributed by atoms with Gasteiger partial charge in [-0.1, -0.05) is 6.92 Å². The third-order valence-corrected chi connectivity index (χ3v) is 3.11. The number of rotatable bonds is 3. The van der Waals surface area contributed by atoms with Crippen molar-refractivity contribution in [1.82, 2.24) is 20.0 Å². The van der Waals surface area contributed by atoms with E-state index in [2.05, 4.69) is 10.4 Å². The lowest BCUT2D eigenvalue weighted by molar-refractivity contribution is -0.134. The topological polar surface area (TPSA) is 50.2 Å². The first kappa shape index (κ1) is 17.2. The van der Waals surface area contributed by atoms with Crippen molar-refractivity contribution in [3.8, 4) is 0 Å². The fourth-order valence-corrected chi connectivity index (χ4v) is 2.10. The predicted molar refractivity (Wildman–Crippen MR) is 75.3 cm³/mol. The molecule has 7 heteroatoms. The molecular weight excluding hydrogens is 275 g/mol. The van der Waals surface area contributed by atoms with Gasteiger partial charge in [-0.25, -0.2) is 0 Å². The zero-order valence-corrected chi connectivity index (χ0v) is 12.3. The van der Waals surface area contributed by atoms with E-state index in [1.54, 1.807) is 6.20 Å². The summed E-state index contributed by atoms with van der Waals surface area (Å²) in [7, 11) is 1.83. The smallest absolute Gasteiger partial charge is 0.240 e. The Kier molecular flexibility index (Phi) is 7.28. The van der Waals surface area contributed by atoms with E-state index in [1.165, 1.54) is 0 Å². The Morgan fingerprint density at radius 2 is 2.22 bits per heavy atom. The number of halogens is 2. The van der Waals surface area contributed by atoms with Crippen molar-refractivity contribution in [2.75, 3.05) is 13.6 Å². The molecule has 2 rings (SSSR count). The monoisotopic (exact) mass is 294 g/mol. The van der Waals surface area contributed by atoms with Crippen LogP contribution in [0.15, 0.2) is 12.3 Å². The number of carbonyl (C=O) groups excluding carboxylic acids is 1. The first-order valence-corrected chi connectivity index (χ1v) is 5.73. The molecule has 5 nitrogen and oxygen atoms in total. The second-order valence-corrected chi connectivity index (χ2v) is 4.05. The van der Waals surface area contributed by atoms with Crippen LogP contribution in [0.4, 0.5) is 0 Å². The molecule has 1 aliphatic heterocycles. The maximum absolute atomic E-state index is 12.1. The summed E-state index contributed by atoms with van der Waals surface area (Å²) >= 11 is 0. The normalized spacial score (nSPS) is 15.1. The van der Waals surface area contributed by atoms with Gasteiger partial charge in [-0.15, -0.1) is 24.8 Å². The molecule has 0 fully saturated rings. The Labute approximate surface area is 120 Å². The zero-order valence-electron chi connectivity index (χ0n) is 10.6. The van der Waals surface area contributed by atoms with Crippen LogP contribution in [0.2, 0.25) is 0 Å². The summed E-state index contributed by atoms with van der Waals surface area (Å²) in [5.41, 5.74) is 1.12. The van der Waals surface area contributed by atoms with Crippen molar-refractivity contribution in [2.24, 2.45) is 0 Å². The number of carbonyl (C=O) groups is 1. The highest BCUT2D eigenvalue weighted by atomic mass is 35.5. The van der Waals surface area contributed by atoms with Gasteiger partial charge >= 0.3 is 0 Å². The van der Waals surface area contributed by atoms with Gasteiger partial charge in [0.25, 0.3) is 0 Å². The molecule has 0 saturated carbocycles. The van der Waals surface area contributed by atoms with Crippen LogP contribution in [0.25, 0.3) is 0 Å². The Balaban J connectivity index is 0.00000144. The third kappa shape index (κ3) is 3.37. The van der Waals surface area contributed by atoms with Crippen LogP contribution in [0.5, 0.6) is 0 Å². The SMILES string of the molecule is CC[C@H](NC)C(=O)N1CCn2nccc2C1.Cl.Cl. The number of hydrogen-bond acceptors (Lipinski definition) is 3. The van der Waals surface area contributed by atoms with Gasteiger partial charge < -0.3 is 10.2 Å². The number of nitrogens with zero attached hydrogens (tertiary/aromatic N) is 3. The van der Waals surface area contributed by atoms with E-state index in [1.807, 2.05) is 29.6 Å². The van der Waals surface area contributed by atoms with Crippen LogP contribution < -0.4 is 5.32 Å². The van der Waals surface area contributed by atoms with Crippen LogP contribution in [0.3, 0.4) is 0 Å². The van der Waals surface area contributed by atoms with Crippen molar-refractivity contribution >= 4 is 30.7 Å². The molecule has 0 aromatic carbocycles. The van der Waals surface area contributed by atoms with E-state index in [0.29, 0.717) is 6.54 Å². The molecule has 1 aliphatic rings. The molecule has 1 N–H and O–H groups in total. The second-order valence-electron chi connectivity index (χ2n) is 4.05. The van der Waals surface area contributed by atoms with Gasteiger partial charge in [0, 0.05) is 12.7 Å². The molecule has 0 unspecified atom stereocenters. The van der Waals surface area contributed by atoms with E-state index < -0.39 is 0 Å². The van der Waals surface area contributed by atoms with Crippen molar-refractivity contribution in [3.63, 3.8) is 0 Å². The van der Waals surface area contributed by atoms with Gasteiger partial charge in [-0.3, -0.25) is 9.48 Å². The van der Waals surface area contributed by atoms with Gasteiger partial charge in [0.1, 0.15) is 0 Å². The highest BCUT2D eigenvalue weighted by molar-refractivity contribution is 5.85. The summed E-state index contributed by atoms with van der Waals surface area (Å²) in [6.45, 7) is 4.25. The molecule has 1 aromatic heterocycles. The van der Waals surface area contributed by atoms with E-state index in [4.69, 9.17) is 0 Å². The molecule has 1 amide bonds. The molecule has 0 spiro atoms. The van der Waals surface area contributed by atoms with Gasteiger partial charge in [0.2, 0.25) is 5.91 Å². The van der Waals surface area contributed by atoms with Crippen molar-refractivity contribution in [2.45, 2.75) is 32.5 Å². The average Bonchev–Trinajstić information content (AvgIpc) is 2.77. The number of fused-ring (bicyclic) bond motifs is 1. The molecule has 1 aromatic rings. The van der Waals surface area contributed by atoms with Gasteiger partial charge in [-0.05, 0) is 19.5 Å². The van der Waals surface area contributed by atoms with E-state index in [0.717, 1.165) is 25.2 Å². The highest BCUT2D eigenvalue weighted by Crippen LogP contribution is 2.12. The summed E-state index contributed by atoms with van der Waals surface area (Å²) < 4.78 is 1.96. The molecule has 0 saturated heterocycles. The Morgan fingerprint density at radius 3 is 2.83 bits per heavy atom. The number of nitrogens with one attached hydrogen (secondary N) is 1. The minimum atomic E-state index is -0.0607. The maximum Gasteiger partial charge on any atom is 0.240 e. The molecule has 2 heterocycles. The van der Waals surface area contributed by atoms with Crippen LogP contribution >= 0.6 is 24.8 Å². The largest absolute Gasteiger partial charge is 0.334 e. The fraction of sp³-hybridized carbons (Fsp3) is 0.636. The van der Waals surface area contributed by atoms with Crippen LogP contribution in [-0.4, -0.2) is 40.2 Å². The summed E-state index contributed by atoms with van der Waals surface area (Å²) in [5, 5.41) is 7.25. The zero-order chi connectivity index (χ0) is 11.5. The van der Waals surface area contributed by atoms with Crippen LogP contribution in [-0.2, 0) is 17.9 Å².